The van der Waals surface area contributed by atoms with Crippen LogP contribution in [0.15, 0.2) is 22.7 Å². The Labute approximate surface area is 132 Å². The molecule has 1 fully saturated rings. The zero-order chi connectivity index (χ0) is 14.8. The van der Waals surface area contributed by atoms with E-state index in [0.717, 1.165) is 18.4 Å². The van der Waals surface area contributed by atoms with Gasteiger partial charge < -0.3 is 5.32 Å². The summed E-state index contributed by atoms with van der Waals surface area (Å²) in [5.74, 6) is 1.74. The lowest BCUT2D eigenvalue weighted by Crippen LogP contribution is -2.28. The van der Waals surface area contributed by atoms with Gasteiger partial charge in [0.1, 0.15) is 0 Å². The van der Waals surface area contributed by atoms with Crippen molar-refractivity contribution >= 4 is 21.6 Å². The van der Waals surface area contributed by atoms with E-state index in [1.54, 1.807) is 0 Å². The summed E-state index contributed by atoms with van der Waals surface area (Å²) in [5.41, 5.74) is 3.04. The van der Waals surface area contributed by atoms with Crippen molar-refractivity contribution < 1.29 is 0 Å². The quantitative estimate of drug-likeness (QED) is 0.710. The van der Waals surface area contributed by atoms with Crippen LogP contribution in [0.5, 0.6) is 0 Å². The van der Waals surface area contributed by atoms with Crippen molar-refractivity contribution in [3.63, 3.8) is 0 Å². The molecule has 0 aromatic heterocycles. The van der Waals surface area contributed by atoms with Crippen LogP contribution in [-0.2, 0) is 0 Å². The molecule has 1 nitrogen and oxygen atoms in total. The lowest BCUT2D eigenvalue weighted by molar-refractivity contribution is 0.153. The van der Waals surface area contributed by atoms with Gasteiger partial charge in [-0.15, -0.1) is 0 Å². The molecule has 0 heterocycles. The second-order valence-electron chi connectivity index (χ2n) is 7.45. The fraction of sp³-hybridized carbons (Fsp3) is 0.667. The Kier molecular flexibility index (Phi) is 5.17. The van der Waals surface area contributed by atoms with Gasteiger partial charge >= 0.3 is 0 Å². The van der Waals surface area contributed by atoms with Crippen molar-refractivity contribution in [2.45, 2.75) is 53.4 Å². The van der Waals surface area contributed by atoms with Crippen molar-refractivity contribution in [3.05, 3.63) is 28.2 Å². The number of nitrogens with one attached hydrogen (secondary N) is 1. The molecule has 0 atom stereocenters. The maximum absolute atomic E-state index is 3.63. The van der Waals surface area contributed by atoms with E-state index in [2.05, 4.69) is 67.1 Å². The minimum Gasteiger partial charge on any atom is -0.384 e. The molecule has 0 saturated heterocycles. The largest absolute Gasteiger partial charge is 0.384 e. The fourth-order valence-corrected chi connectivity index (χ4v) is 3.65. The molecular formula is C18H28BrN. The number of rotatable bonds is 3. The molecular weight excluding hydrogens is 310 g/mol. The molecule has 1 aliphatic rings. The van der Waals surface area contributed by atoms with E-state index in [0.29, 0.717) is 5.41 Å². The molecule has 1 saturated carbocycles. The monoisotopic (exact) mass is 337 g/mol. The minimum absolute atomic E-state index is 0.484. The maximum Gasteiger partial charge on any atom is 0.0487 e. The fourth-order valence-electron chi connectivity index (χ4n) is 3.26. The lowest BCUT2D eigenvalue weighted by atomic mass is 9.70. The smallest absolute Gasteiger partial charge is 0.0487 e. The summed E-state index contributed by atoms with van der Waals surface area (Å²) in [6.45, 7) is 10.4. The molecule has 1 aliphatic carbocycles. The zero-order valence-electron chi connectivity index (χ0n) is 13.3. The molecule has 20 heavy (non-hydrogen) atoms. The average Bonchev–Trinajstić information content (AvgIpc) is 2.39. The zero-order valence-corrected chi connectivity index (χ0v) is 14.9. The van der Waals surface area contributed by atoms with Crippen LogP contribution in [0.1, 0.15) is 52.0 Å². The molecule has 0 bridgehead atoms. The SMILES string of the molecule is Cc1ccc(Br)c(NCC2CCC(C(C)(C)C)CC2)c1. The second kappa shape index (κ2) is 6.51. The Balaban J connectivity index is 1.83. The van der Waals surface area contributed by atoms with Gasteiger partial charge in [-0.25, -0.2) is 0 Å². The third kappa shape index (κ3) is 4.25. The standard InChI is InChI=1S/C18H28BrN/c1-13-5-10-16(19)17(11-13)20-12-14-6-8-15(9-7-14)18(2,3)4/h5,10-11,14-15,20H,6-9,12H2,1-4H3. The summed E-state index contributed by atoms with van der Waals surface area (Å²) in [5, 5.41) is 3.63. The first-order valence-corrected chi connectivity index (χ1v) is 8.65. The first kappa shape index (κ1) is 15.9. The van der Waals surface area contributed by atoms with Crippen LogP contribution in [0, 0.1) is 24.2 Å². The number of halogens is 1. The van der Waals surface area contributed by atoms with Crippen LogP contribution in [0.25, 0.3) is 0 Å². The summed E-state index contributed by atoms with van der Waals surface area (Å²) >= 11 is 3.63. The Bertz CT molecular complexity index is 439. The predicted octanol–water partition coefficient (Wildman–Crippen LogP) is 6.02. The van der Waals surface area contributed by atoms with E-state index in [-0.39, 0.29) is 0 Å². The van der Waals surface area contributed by atoms with E-state index >= 15 is 0 Å². The van der Waals surface area contributed by atoms with Crippen LogP contribution in [-0.4, -0.2) is 6.54 Å². The highest BCUT2D eigenvalue weighted by atomic mass is 79.9. The molecule has 1 aromatic carbocycles. The Morgan fingerprint density at radius 3 is 2.40 bits per heavy atom. The van der Waals surface area contributed by atoms with Gasteiger partial charge in [-0.1, -0.05) is 26.8 Å². The highest BCUT2D eigenvalue weighted by Gasteiger charge is 2.29. The third-order valence-corrected chi connectivity index (χ3v) is 5.47. The van der Waals surface area contributed by atoms with Gasteiger partial charge in [-0.3, -0.25) is 0 Å². The van der Waals surface area contributed by atoms with Gasteiger partial charge in [0.2, 0.25) is 0 Å². The molecule has 0 unspecified atom stereocenters. The van der Waals surface area contributed by atoms with E-state index in [4.69, 9.17) is 0 Å². The van der Waals surface area contributed by atoms with Gasteiger partial charge in [0, 0.05) is 16.7 Å². The highest BCUT2D eigenvalue weighted by molar-refractivity contribution is 9.10. The normalized spacial score (nSPS) is 23.6. The lowest BCUT2D eigenvalue weighted by Gasteiger charge is -2.37. The van der Waals surface area contributed by atoms with Crippen LogP contribution < -0.4 is 5.32 Å². The summed E-state index contributed by atoms with van der Waals surface area (Å²) in [4.78, 5) is 0. The molecule has 1 N–H and O–H groups in total. The number of anilines is 1. The van der Waals surface area contributed by atoms with Gasteiger partial charge in [0.15, 0.2) is 0 Å². The molecule has 0 amide bonds. The van der Waals surface area contributed by atoms with Crippen LogP contribution in [0.3, 0.4) is 0 Å². The summed E-state index contributed by atoms with van der Waals surface area (Å²) in [7, 11) is 0. The van der Waals surface area contributed by atoms with Crippen LogP contribution in [0.4, 0.5) is 5.69 Å². The van der Waals surface area contributed by atoms with Crippen molar-refractivity contribution in [1.82, 2.24) is 0 Å². The van der Waals surface area contributed by atoms with Crippen molar-refractivity contribution in [1.29, 1.82) is 0 Å². The van der Waals surface area contributed by atoms with Crippen LogP contribution in [0.2, 0.25) is 0 Å². The number of hydrogen-bond donors (Lipinski definition) is 1. The van der Waals surface area contributed by atoms with E-state index < -0.39 is 0 Å². The maximum atomic E-state index is 3.63. The first-order chi connectivity index (χ1) is 9.36. The third-order valence-electron chi connectivity index (χ3n) is 4.77. The van der Waals surface area contributed by atoms with Crippen molar-refractivity contribution in [2.75, 3.05) is 11.9 Å². The summed E-state index contributed by atoms with van der Waals surface area (Å²) in [6, 6.07) is 6.50. The second-order valence-corrected chi connectivity index (χ2v) is 8.30. The topological polar surface area (TPSA) is 12.0 Å². The number of benzene rings is 1. The molecule has 0 aliphatic heterocycles. The molecule has 2 heteroatoms. The van der Waals surface area contributed by atoms with Gasteiger partial charge in [-0.2, -0.15) is 0 Å². The van der Waals surface area contributed by atoms with E-state index in [1.807, 2.05) is 0 Å². The van der Waals surface area contributed by atoms with E-state index in [9.17, 15) is 0 Å². The Morgan fingerprint density at radius 2 is 1.80 bits per heavy atom. The minimum atomic E-state index is 0.484. The summed E-state index contributed by atoms with van der Waals surface area (Å²) in [6.07, 6.45) is 5.53. The average molecular weight is 338 g/mol. The predicted molar refractivity (Wildman–Crippen MR) is 92.3 cm³/mol. The van der Waals surface area contributed by atoms with Crippen molar-refractivity contribution in [3.8, 4) is 0 Å². The van der Waals surface area contributed by atoms with Gasteiger partial charge in [0.05, 0.1) is 0 Å². The van der Waals surface area contributed by atoms with E-state index in [1.165, 1.54) is 41.4 Å². The summed E-state index contributed by atoms with van der Waals surface area (Å²) < 4.78 is 1.17. The Morgan fingerprint density at radius 1 is 1.15 bits per heavy atom. The number of aryl methyl sites for hydroxylation is 1. The number of hydrogen-bond acceptors (Lipinski definition) is 1. The molecule has 1 aromatic rings. The van der Waals surface area contributed by atoms with Gasteiger partial charge in [-0.05, 0) is 83.5 Å². The first-order valence-electron chi connectivity index (χ1n) is 7.86. The van der Waals surface area contributed by atoms with Gasteiger partial charge in [0.25, 0.3) is 0 Å². The molecule has 0 spiro atoms. The molecule has 2 rings (SSSR count). The van der Waals surface area contributed by atoms with Crippen LogP contribution >= 0.6 is 15.9 Å². The Hall–Kier alpha value is -0.500. The molecule has 112 valence electrons. The molecule has 0 radical (unpaired) electrons. The van der Waals surface area contributed by atoms with Crippen molar-refractivity contribution in [2.24, 2.45) is 17.3 Å². The highest BCUT2D eigenvalue weighted by Crippen LogP contribution is 2.39.